The number of aryl methyl sites for hydroxylation is 3. The Morgan fingerprint density at radius 2 is 1.53 bits per heavy atom. The van der Waals surface area contributed by atoms with E-state index < -0.39 is 17.1 Å². The number of nitrogens with one attached hydrogen (secondary N) is 1. The van der Waals surface area contributed by atoms with Crippen LogP contribution in [0.4, 0.5) is 10.5 Å². The van der Waals surface area contributed by atoms with Crippen LogP contribution in [0.1, 0.15) is 22.3 Å². The molecule has 0 spiro atoms. The van der Waals surface area contributed by atoms with Gasteiger partial charge < -0.3 is 5.32 Å². The van der Waals surface area contributed by atoms with Gasteiger partial charge in [0.2, 0.25) is 5.91 Å². The van der Waals surface area contributed by atoms with Gasteiger partial charge in [-0.15, -0.1) is 0 Å². The summed E-state index contributed by atoms with van der Waals surface area (Å²) < 4.78 is 0. The molecule has 0 aromatic heterocycles. The molecule has 0 atom stereocenters. The van der Waals surface area contributed by atoms with E-state index in [9.17, 15) is 14.4 Å². The van der Waals surface area contributed by atoms with Gasteiger partial charge in [-0.3, -0.25) is 19.3 Å². The van der Waals surface area contributed by atoms with Crippen molar-refractivity contribution in [2.24, 2.45) is 0 Å². The van der Waals surface area contributed by atoms with Gasteiger partial charge in [0.15, 0.2) is 0 Å². The average Bonchev–Trinajstić information content (AvgIpc) is 3.06. The van der Waals surface area contributed by atoms with Crippen LogP contribution in [0.25, 0.3) is 6.08 Å². The summed E-state index contributed by atoms with van der Waals surface area (Å²) in [4.78, 5) is 41.2. The Morgan fingerprint density at radius 1 is 0.912 bits per heavy atom. The molecule has 1 fully saturated rings. The maximum absolute atomic E-state index is 12.8. The first kappa shape index (κ1) is 23.9. The van der Waals surface area contributed by atoms with E-state index in [0.717, 1.165) is 43.1 Å². The van der Waals surface area contributed by atoms with Crippen LogP contribution in [0.5, 0.6) is 0 Å². The number of benzene rings is 3. The maximum Gasteiger partial charge on any atom is 0.294 e. The molecule has 0 saturated carbocycles. The predicted molar refractivity (Wildman–Crippen MR) is 139 cm³/mol. The second-order valence-corrected chi connectivity index (χ2v) is 10.3. The molecular weight excluding hydrogens is 464 g/mol. The molecule has 5 nitrogen and oxygen atoms in total. The molecule has 172 valence electrons. The van der Waals surface area contributed by atoms with Crippen molar-refractivity contribution in [2.45, 2.75) is 30.6 Å². The fourth-order valence-corrected chi connectivity index (χ4v) is 5.10. The minimum Gasteiger partial charge on any atom is -0.324 e. The lowest BCUT2D eigenvalue weighted by molar-refractivity contribution is -0.127. The Bertz CT molecular complexity index is 1280. The fourth-order valence-electron chi connectivity index (χ4n) is 3.45. The van der Waals surface area contributed by atoms with Gasteiger partial charge in [-0.05, 0) is 80.1 Å². The standard InChI is InChI=1S/C27H24N2O3S2/c1-17-4-9-21(10-5-17)33-22-11-7-20(8-12-22)15-24-26(31)29(27(32)34-24)16-25(30)28-23-13-6-18(2)14-19(23)3/h4-15H,16H2,1-3H3,(H,28,30)/b24-15-. The lowest BCUT2D eigenvalue weighted by Crippen LogP contribution is -2.36. The van der Waals surface area contributed by atoms with E-state index in [1.165, 1.54) is 5.56 Å². The van der Waals surface area contributed by atoms with Crippen LogP contribution in [-0.2, 0) is 9.59 Å². The number of nitrogens with zero attached hydrogens (tertiary/aromatic N) is 1. The van der Waals surface area contributed by atoms with Gasteiger partial charge >= 0.3 is 0 Å². The first-order chi connectivity index (χ1) is 16.3. The zero-order valence-electron chi connectivity index (χ0n) is 19.1. The number of carbonyl (C=O) groups is 3. The highest BCUT2D eigenvalue weighted by molar-refractivity contribution is 8.18. The SMILES string of the molecule is Cc1ccc(Sc2ccc(/C=C3\SC(=O)N(CC(=O)Nc4ccc(C)cc4C)C3=O)cc2)cc1. The number of rotatable bonds is 6. The smallest absolute Gasteiger partial charge is 0.294 e. The van der Waals surface area contributed by atoms with E-state index in [-0.39, 0.29) is 6.54 Å². The Labute approximate surface area is 207 Å². The summed E-state index contributed by atoms with van der Waals surface area (Å²) in [5, 5.41) is 2.34. The summed E-state index contributed by atoms with van der Waals surface area (Å²) in [6.07, 6.45) is 1.69. The molecular formula is C27H24N2O3S2. The number of imide groups is 1. The number of hydrogen-bond acceptors (Lipinski definition) is 5. The Balaban J connectivity index is 1.40. The third-order valence-electron chi connectivity index (χ3n) is 5.27. The van der Waals surface area contributed by atoms with E-state index in [1.54, 1.807) is 17.8 Å². The van der Waals surface area contributed by atoms with E-state index in [1.807, 2.05) is 56.3 Å². The van der Waals surface area contributed by atoms with Crippen molar-refractivity contribution in [1.29, 1.82) is 0 Å². The van der Waals surface area contributed by atoms with Crippen LogP contribution < -0.4 is 5.32 Å². The highest BCUT2D eigenvalue weighted by Gasteiger charge is 2.36. The number of hydrogen-bond donors (Lipinski definition) is 1. The van der Waals surface area contributed by atoms with Crippen LogP contribution in [0.2, 0.25) is 0 Å². The summed E-state index contributed by atoms with van der Waals surface area (Å²) in [6.45, 7) is 5.61. The molecule has 1 aliphatic heterocycles. The van der Waals surface area contributed by atoms with Gasteiger partial charge in [0.1, 0.15) is 6.54 Å². The number of anilines is 1. The van der Waals surface area contributed by atoms with Gasteiger partial charge in [-0.1, -0.05) is 59.3 Å². The lowest BCUT2D eigenvalue weighted by atomic mass is 10.1. The molecule has 0 bridgehead atoms. The second kappa shape index (κ2) is 10.3. The number of amides is 3. The Morgan fingerprint density at radius 3 is 2.18 bits per heavy atom. The van der Waals surface area contributed by atoms with Crippen LogP contribution >= 0.6 is 23.5 Å². The Kier molecular flexibility index (Phi) is 7.24. The number of carbonyl (C=O) groups excluding carboxylic acids is 3. The van der Waals surface area contributed by atoms with Crippen molar-refractivity contribution in [2.75, 3.05) is 11.9 Å². The minimum atomic E-state index is -0.455. The van der Waals surface area contributed by atoms with Gasteiger partial charge in [-0.2, -0.15) is 0 Å². The zero-order chi connectivity index (χ0) is 24.2. The predicted octanol–water partition coefficient (Wildman–Crippen LogP) is 6.44. The van der Waals surface area contributed by atoms with Crippen molar-refractivity contribution < 1.29 is 14.4 Å². The summed E-state index contributed by atoms with van der Waals surface area (Å²) >= 11 is 2.51. The van der Waals surface area contributed by atoms with E-state index >= 15 is 0 Å². The molecule has 0 radical (unpaired) electrons. The van der Waals surface area contributed by atoms with Crippen molar-refractivity contribution in [1.82, 2.24) is 4.90 Å². The molecule has 1 N–H and O–H groups in total. The van der Waals surface area contributed by atoms with Gasteiger partial charge in [0.25, 0.3) is 11.1 Å². The van der Waals surface area contributed by atoms with Crippen molar-refractivity contribution in [3.63, 3.8) is 0 Å². The molecule has 3 aromatic carbocycles. The fraction of sp³-hybridized carbons (Fsp3) is 0.148. The normalized spacial score (nSPS) is 14.7. The van der Waals surface area contributed by atoms with Crippen molar-refractivity contribution in [3.05, 3.63) is 93.9 Å². The number of thioether (sulfide) groups is 1. The van der Waals surface area contributed by atoms with Crippen LogP contribution in [0.15, 0.2) is 81.4 Å². The monoisotopic (exact) mass is 488 g/mol. The molecule has 3 aromatic rings. The first-order valence-electron chi connectivity index (χ1n) is 10.8. The third-order valence-corrected chi connectivity index (χ3v) is 7.19. The summed E-state index contributed by atoms with van der Waals surface area (Å²) in [5.41, 5.74) is 4.72. The van der Waals surface area contributed by atoms with Crippen LogP contribution in [0.3, 0.4) is 0 Å². The third kappa shape index (κ3) is 5.79. The second-order valence-electron chi connectivity index (χ2n) is 8.12. The molecule has 34 heavy (non-hydrogen) atoms. The van der Waals surface area contributed by atoms with Gasteiger partial charge in [-0.25, -0.2) is 0 Å². The van der Waals surface area contributed by atoms with Crippen LogP contribution in [0, 0.1) is 20.8 Å². The highest BCUT2D eigenvalue weighted by atomic mass is 32.2. The summed E-state index contributed by atoms with van der Waals surface area (Å²) in [7, 11) is 0. The maximum atomic E-state index is 12.8. The molecule has 0 unspecified atom stereocenters. The molecule has 7 heteroatoms. The van der Waals surface area contributed by atoms with E-state index in [4.69, 9.17) is 0 Å². The lowest BCUT2D eigenvalue weighted by Gasteiger charge is -2.14. The summed E-state index contributed by atoms with van der Waals surface area (Å²) in [5.74, 6) is -0.864. The average molecular weight is 489 g/mol. The molecule has 1 aliphatic rings. The first-order valence-corrected chi connectivity index (χ1v) is 12.4. The van der Waals surface area contributed by atoms with Crippen molar-refractivity contribution in [3.8, 4) is 0 Å². The highest BCUT2D eigenvalue weighted by Crippen LogP contribution is 2.33. The molecule has 0 aliphatic carbocycles. The van der Waals surface area contributed by atoms with Gasteiger partial charge in [0, 0.05) is 15.5 Å². The largest absolute Gasteiger partial charge is 0.324 e. The molecule has 1 saturated heterocycles. The van der Waals surface area contributed by atoms with Crippen LogP contribution in [-0.4, -0.2) is 28.5 Å². The topological polar surface area (TPSA) is 66.5 Å². The molecule has 1 heterocycles. The minimum absolute atomic E-state index is 0.309. The summed E-state index contributed by atoms with van der Waals surface area (Å²) in [6, 6.07) is 21.8. The Hall–Kier alpha value is -3.29. The van der Waals surface area contributed by atoms with Gasteiger partial charge in [0.05, 0.1) is 4.91 Å². The quantitative estimate of drug-likeness (QED) is 0.405. The zero-order valence-corrected chi connectivity index (χ0v) is 20.8. The molecule has 4 rings (SSSR count). The van der Waals surface area contributed by atoms with E-state index in [0.29, 0.717) is 10.6 Å². The molecule has 3 amide bonds. The van der Waals surface area contributed by atoms with E-state index in [2.05, 4.69) is 36.5 Å². The van der Waals surface area contributed by atoms with Crippen molar-refractivity contribution >= 4 is 52.3 Å².